The number of carbonyl (C=O) groups excluding carboxylic acids is 2. The minimum atomic E-state index is -0.297. The predicted molar refractivity (Wildman–Crippen MR) is 132 cm³/mol. The lowest BCUT2D eigenvalue weighted by Crippen LogP contribution is -2.38. The number of amides is 2. The first-order valence-electron chi connectivity index (χ1n) is 11.0. The van der Waals surface area contributed by atoms with Crippen molar-refractivity contribution >= 4 is 17.5 Å². The average molecular weight is 455 g/mol. The fourth-order valence-electron chi connectivity index (χ4n) is 3.73. The van der Waals surface area contributed by atoms with Gasteiger partial charge in [-0.25, -0.2) is 4.68 Å². The summed E-state index contributed by atoms with van der Waals surface area (Å²) < 4.78 is 7.08. The van der Waals surface area contributed by atoms with Gasteiger partial charge in [0, 0.05) is 17.7 Å². The van der Waals surface area contributed by atoms with Gasteiger partial charge in [-0.2, -0.15) is 5.10 Å². The monoisotopic (exact) mass is 454 g/mol. The van der Waals surface area contributed by atoms with E-state index in [1.165, 1.54) is 4.90 Å². The number of carbonyl (C=O) groups is 2. The Morgan fingerprint density at radius 2 is 1.74 bits per heavy atom. The minimum Gasteiger partial charge on any atom is -0.495 e. The van der Waals surface area contributed by atoms with Crippen molar-refractivity contribution in [1.29, 1.82) is 0 Å². The summed E-state index contributed by atoms with van der Waals surface area (Å²) in [5.41, 5.74) is 3.77. The summed E-state index contributed by atoms with van der Waals surface area (Å²) in [4.78, 5) is 27.4. The molecule has 1 heterocycles. The topological polar surface area (TPSA) is 76.5 Å². The second-order valence-electron chi connectivity index (χ2n) is 7.61. The van der Waals surface area contributed by atoms with Gasteiger partial charge in [0.25, 0.3) is 5.91 Å². The number of likely N-dealkylation sites (N-methyl/N-ethyl adjacent to an activating group) is 1. The standard InChI is InChI=1S/C27H26N4O3/c1-3-30(19-26(32)29-23-14-7-8-15-25(23)34-2)27(33)21-12-9-13-22(18-21)31-24(16-17-28-31)20-10-5-4-6-11-20/h4-18H,3,19H2,1-2H3,(H,29,32). The van der Waals surface area contributed by atoms with E-state index in [4.69, 9.17) is 4.74 Å². The first-order chi connectivity index (χ1) is 16.6. The fourth-order valence-corrected chi connectivity index (χ4v) is 3.73. The highest BCUT2D eigenvalue weighted by Gasteiger charge is 2.19. The predicted octanol–water partition coefficient (Wildman–Crippen LogP) is 4.65. The van der Waals surface area contributed by atoms with Gasteiger partial charge < -0.3 is 15.0 Å². The molecule has 0 bridgehead atoms. The third-order valence-electron chi connectivity index (χ3n) is 5.43. The Bertz CT molecular complexity index is 1280. The first kappa shape index (κ1) is 22.8. The summed E-state index contributed by atoms with van der Waals surface area (Å²) in [7, 11) is 1.54. The van der Waals surface area contributed by atoms with Crippen LogP contribution in [0.5, 0.6) is 5.75 Å². The number of para-hydroxylation sites is 2. The van der Waals surface area contributed by atoms with E-state index in [2.05, 4.69) is 10.4 Å². The molecule has 0 atom stereocenters. The second-order valence-corrected chi connectivity index (χ2v) is 7.61. The maximum atomic E-state index is 13.3. The van der Waals surface area contributed by atoms with Gasteiger partial charge >= 0.3 is 0 Å². The summed E-state index contributed by atoms with van der Waals surface area (Å²) in [5.74, 6) is 0.0357. The molecule has 0 spiro atoms. The zero-order valence-electron chi connectivity index (χ0n) is 19.1. The molecule has 172 valence electrons. The molecule has 1 aromatic heterocycles. The maximum Gasteiger partial charge on any atom is 0.254 e. The van der Waals surface area contributed by atoms with E-state index in [9.17, 15) is 9.59 Å². The molecule has 1 N–H and O–H groups in total. The molecular weight excluding hydrogens is 428 g/mol. The quantitative estimate of drug-likeness (QED) is 0.421. The van der Waals surface area contributed by atoms with Crippen LogP contribution in [0.4, 0.5) is 5.69 Å². The maximum absolute atomic E-state index is 13.3. The van der Waals surface area contributed by atoms with Crippen LogP contribution in [0.3, 0.4) is 0 Å². The lowest BCUT2D eigenvalue weighted by atomic mass is 10.1. The van der Waals surface area contributed by atoms with E-state index in [-0.39, 0.29) is 18.4 Å². The van der Waals surface area contributed by atoms with Crippen LogP contribution in [-0.2, 0) is 4.79 Å². The van der Waals surface area contributed by atoms with Crippen LogP contribution in [0, 0.1) is 0 Å². The van der Waals surface area contributed by atoms with E-state index < -0.39 is 0 Å². The molecule has 2 amide bonds. The van der Waals surface area contributed by atoms with Crippen molar-refractivity contribution in [2.75, 3.05) is 25.5 Å². The van der Waals surface area contributed by atoms with Gasteiger partial charge in [0.15, 0.2) is 0 Å². The van der Waals surface area contributed by atoms with E-state index in [0.717, 1.165) is 16.9 Å². The van der Waals surface area contributed by atoms with Crippen LogP contribution in [0.1, 0.15) is 17.3 Å². The molecule has 4 aromatic rings. The molecule has 4 rings (SSSR count). The van der Waals surface area contributed by atoms with Crippen molar-refractivity contribution in [3.63, 3.8) is 0 Å². The smallest absolute Gasteiger partial charge is 0.254 e. The number of hydrogen-bond acceptors (Lipinski definition) is 4. The molecule has 0 aliphatic rings. The van der Waals surface area contributed by atoms with Gasteiger partial charge in [0.05, 0.1) is 30.4 Å². The molecule has 0 aliphatic carbocycles. The Morgan fingerprint density at radius 1 is 0.971 bits per heavy atom. The summed E-state index contributed by atoms with van der Waals surface area (Å²) in [6, 6.07) is 26.3. The van der Waals surface area contributed by atoms with Crippen molar-refractivity contribution in [3.05, 3.63) is 96.7 Å². The van der Waals surface area contributed by atoms with E-state index in [1.54, 1.807) is 42.3 Å². The lowest BCUT2D eigenvalue weighted by Gasteiger charge is -2.21. The van der Waals surface area contributed by atoms with Gasteiger partial charge in [-0.1, -0.05) is 48.5 Å². The van der Waals surface area contributed by atoms with Gasteiger partial charge in [0.1, 0.15) is 12.3 Å². The highest BCUT2D eigenvalue weighted by molar-refractivity contribution is 6.00. The number of methoxy groups -OCH3 is 1. The number of anilines is 1. The van der Waals surface area contributed by atoms with Crippen LogP contribution in [0.2, 0.25) is 0 Å². The van der Waals surface area contributed by atoms with Crippen molar-refractivity contribution < 1.29 is 14.3 Å². The molecule has 7 heteroatoms. The third-order valence-corrected chi connectivity index (χ3v) is 5.43. The Balaban J connectivity index is 1.52. The molecule has 0 saturated carbocycles. The Kier molecular flexibility index (Phi) is 7.03. The van der Waals surface area contributed by atoms with Crippen LogP contribution in [0.25, 0.3) is 16.9 Å². The van der Waals surface area contributed by atoms with Crippen LogP contribution >= 0.6 is 0 Å². The number of aromatic nitrogens is 2. The number of ether oxygens (including phenoxy) is 1. The number of nitrogens with zero attached hydrogens (tertiary/aromatic N) is 3. The second kappa shape index (κ2) is 10.5. The zero-order chi connectivity index (χ0) is 23.9. The zero-order valence-corrected chi connectivity index (χ0v) is 19.1. The summed E-state index contributed by atoms with van der Waals surface area (Å²) in [6.07, 6.45) is 1.73. The molecule has 0 radical (unpaired) electrons. The molecule has 0 aliphatic heterocycles. The van der Waals surface area contributed by atoms with Gasteiger partial charge in [-0.3, -0.25) is 9.59 Å². The molecule has 34 heavy (non-hydrogen) atoms. The Morgan fingerprint density at radius 3 is 2.50 bits per heavy atom. The van der Waals surface area contributed by atoms with E-state index in [0.29, 0.717) is 23.5 Å². The molecule has 0 fully saturated rings. The minimum absolute atomic E-state index is 0.0748. The van der Waals surface area contributed by atoms with E-state index >= 15 is 0 Å². The highest BCUT2D eigenvalue weighted by Crippen LogP contribution is 2.24. The van der Waals surface area contributed by atoms with Crippen molar-refractivity contribution in [2.45, 2.75) is 6.92 Å². The lowest BCUT2D eigenvalue weighted by molar-refractivity contribution is -0.116. The van der Waals surface area contributed by atoms with Gasteiger partial charge in [-0.15, -0.1) is 0 Å². The third kappa shape index (κ3) is 4.99. The van der Waals surface area contributed by atoms with Crippen LogP contribution in [-0.4, -0.2) is 46.7 Å². The van der Waals surface area contributed by atoms with Crippen molar-refractivity contribution in [3.8, 4) is 22.7 Å². The molecule has 0 saturated heterocycles. The number of hydrogen-bond donors (Lipinski definition) is 1. The van der Waals surface area contributed by atoms with Crippen molar-refractivity contribution in [2.24, 2.45) is 0 Å². The summed E-state index contributed by atoms with van der Waals surface area (Å²) in [5, 5.41) is 7.28. The number of benzene rings is 3. The Labute approximate surface area is 198 Å². The first-order valence-corrected chi connectivity index (χ1v) is 11.0. The van der Waals surface area contributed by atoms with Gasteiger partial charge in [0.2, 0.25) is 5.91 Å². The van der Waals surface area contributed by atoms with Gasteiger partial charge in [-0.05, 0) is 43.3 Å². The van der Waals surface area contributed by atoms with Crippen LogP contribution in [0.15, 0.2) is 91.1 Å². The van der Waals surface area contributed by atoms with Crippen LogP contribution < -0.4 is 10.1 Å². The number of rotatable bonds is 8. The summed E-state index contributed by atoms with van der Waals surface area (Å²) in [6.45, 7) is 2.16. The largest absolute Gasteiger partial charge is 0.495 e. The van der Waals surface area contributed by atoms with E-state index in [1.807, 2.05) is 67.6 Å². The molecular formula is C27H26N4O3. The van der Waals surface area contributed by atoms with Crippen molar-refractivity contribution in [1.82, 2.24) is 14.7 Å². The molecule has 7 nitrogen and oxygen atoms in total. The highest BCUT2D eigenvalue weighted by atomic mass is 16.5. The summed E-state index contributed by atoms with van der Waals surface area (Å²) >= 11 is 0. The SMILES string of the molecule is CCN(CC(=O)Nc1ccccc1OC)C(=O)c1cccc(-n2nccc2-c2ccccc2)c1. The average Bonchev–Trinajstić information content (AvgIpc) is 3.38. The fraction of sp³-hybridized carbons (Fsp3) is 0.148. The number of nitrogens with one attached hydrogen (secondary N) is 1. The normalized spacial score (nSPS) is 10.5. The Hall–Kier alpha value is -4.39. The molecule has 0 unspecified atom stereocenters. The molecule has 3 aromatic carbocycles.